The summed E-state index contributed by atoms with van der Waals surface area (Å²) in [6.45, 7) is 1.39. The molecule has 0 fully saturated rings. The molecule has 29 heteroatoms. The van der Waals surface area contributed by atoms with Gasteiger partial charge in [0, 0.05) is 69.6 Å². The summed E-state index contributed by atoms with van der Waals surface area (Å²) in [5.74, 6) is -1.07. The predicted molar refractivity (Wildman–Crippen MR) is 372 cm³/mol. The van der Waals surface area contributed by atoms with E-state index in [0.717, 1.165) is 0 Å². The first kappa shape index (κ1) is 70.5. The van der Waals surface area contributed by atoms with Gasteiger partial charge >= 0.3 is 18.1 Å². The zero-order valence-corrected chi connectivity index (χ0v) is 56.9. The van der Waals surface area contributed by atoms with Crippen LogP contribution in [-0.2, 0) is 63.7 Å². The van der Waals surface area contributed by atoms with Gasteiger partial charge in [-0.2, -0.15) is 0 Å². The quantitative estimate of drug-likeness (QED) is 0.0349. The highest BCUT2D eigenvalue weighted by Crippen LogP contribution is 2.38. The van der Waals surface area contributed by atoms with Gasteiger partial charge in [0.25, 0.3) is 30.1 Å². The number of nitrogens with one attached hydrogen (secondary N) is 6. The molecular formula is C72H66FN9O16S3. The van der Waals surface area contributed by atoms with Crippen LogP contribution in [-0.4, -0.2) is 114 Å². The number of benzene rings is 9. The molecule has 0 saturated heterocycles. The lowest BCUT2D eigenvalue weighted by Gasteiger charge is -2.26. The molecule has 0 bridgehead atoms. The number of anilines is 3. The number of ether oxygens (including phenoxy) is 4. The van der Waals surface area contributed by atoms with Crippen LogP contribution in [0.4, 0.5) is 35.8 Å². The van der Waals surface area contributed by atoms with E-state index in [1.807, 2.05) is 14.2 Å². The number of hydrogen-bond donors (Lipinski definition) is 6. The molecule has 2 aliphatic heterocycles. The highest BCUT2D eigenvalue weighted by atomic mass is 32.2. The summed E-state index contributed by atoms with van der Waals surface area (Å²) < 4.78 is 126. The maximum Gasteiger partial charge on any atom is 0.329 e. The van der Waals surface area contributed by atoms with Crippen molar-refractivity contribution in [3.8, 4) is 45.3 Å². The average molecular weight is 1430 g/mol. The number of fused-ring (bicyclic) bond motifs is 2. The van der Waals surface area contributed by atoms with Crippen LogP contribution in [0.25, 0.3) is 22.3 Å². The fourth-order valence-electron chi connectivity index (χ4n) is 11.3. The van der Waals surface area contributed by atoms with Crippen molar-refractivity contribution in [1.82, 2.24) is 30.1 Å². The number of para-hydroxylation sites is 1. The number of halogens is 1. The van der Waals surface area contributed by atoms with Crippen LogP contribution in [0.15, 0.2) is 227 Å². The molecule has 0 spiro atoms. The van der Waals surface area contributed by atoms with Gasteiger partial charge in [-0.25, -0.2) is 58.2 Å². The molecule has 6 N–H and O–H groups in total. The van der Waals surface area contributed by atoms with Gasteiger partial charge in [0.05, 0.1) is 14.7 Å². The van der Waals surface area contributed by atoms with E-state index >= 15 is 0 Å². The minimum Gasteiger partial charge on any atom is -0.454 e. The smallest absolute Gasteiger partial charge is 0.329 e. The van der Waals surface area contributed by atoms with E-state index < -0.39 is 89.8 Å². The van der Waals surface area contributed by atoms with Crippen LogP contribution in [0.2, 0.25) is 0 Å². The molecule has 0 saturated carbocycles. The maximum absolute atomic E-state index is 14.9. The molecule has 0 aliphatic carbocycles. The van der Waals surface area contributed by atoms with Crippen molar-refractivity contribution in [2.75, 3.05) is 49.4 Å². The van der Waals surface area contributed by atoms with Crippen molar-refractivity contribution in [1.29, 1.82) is 0 Å². The Hall–Kier alpha value is -11.8. The Kier molecular flexibility index (Phi) is 21.0. The Labute approximate surface area is 581 Å². The Morgan fingerprint density at radius 3 is 1.42 bits per heavy atom. The third-order valence-electron chi connectivity index (χ3n) is 16.6. The van der Waals surface area contributed by atoms with Gasteiger partial charge in [0.15, 0.2) is 23.0 Å². The summed E-state index contributed by atoms with van der Waals surface area (Å²) in [4.78, 5) is 87.7. The van der Waals surface area contributed by atoms with Gasteiger partial charge in [-0.1, -0.05) is 121 Å². The van der Waals surface area contributed by atoms with Crippen LogP contribution >= 0.6 is 0 Å². The Morgan fingerprint density at radius 2 is 0.851 bits per heavy atom. The molecule has 9 amide bonds. The second-order valence-corrected chi connectivity index (χ2v) is 28.4. The Morgan fingerprint density at radius 1 is 0.406 bits per heavy atom. The van der Waals surface area contributed by atoms with Crippen LogP contribution in [0.5, 0.6) is 23.0 Å². The Bertz CT molecular complexity index is 5040. The third-order valence-corrected chi connectivity index (χ3v) is 20.7. The van der Waals surface area contributed by atoms with Crippen LogP contribution in [0, 0.1) is 12.7 Å². The lowest BCUT2D eigenvalue weighted by Crippen LogP contribution is -2.52. The van der Waals surface area contributed by atoms with Crippen molar-refractivity contribution < 1.29 is 77.4 Å². The standard InChI is InChI=1S/C72H66FN9O16S3/c1-45-28-29-51(40-66(45)101(93,94)79-72(88)75-60(37-47-17-14-21-52(73)35-47)68(84)81(3)54-30-32-62-64(41-54)97-43-95-62)58-27-12-11-18-50(58)39-61(69(85)82(4)55-31-33-63-65(42-55)98-44-96-63)76-71(87)78-100(91,92)57-26-15-20-49(38-57)48-19-13-16-46(34-48)36-59(67(83)80(2)53-22-7-5-8-23-53)74-70(86)77-99(89,90)56-24-9-6-10-25-56/h5-35,38,40-42,59-61H,36-37,39,43-44H2,1-4H3,(H2,74,77,86)(H2,75,79,88)(H2,76,78,87). The molecule has 3 atom stereocenters. The first-order valence-electron chi connectivity index (χ1n) is 31.1. The second kappa shape index (κ2) is 30.1. The highest BCUT2D eigenvalue weighted by Gasteiger charge is 2.33. The molecule has 2 aliphatic rings. The molecule has 101 heavy (non-hydrogen) atoms. The van der Waals surface area contributed by atoms with Gasteiger partial charge < -0.3 is 49.6 Å². The average Bonchev–Trinajstić information content (AvgIpc) is 1.42. The lowest BCUT2D eigenvalue weighted by atomic mass is 9.94. The van der Waals surface area contributed by atoms with Crippen LogP contribution in [0.3, 0.4) is 0 Å². The first-order chi connectivity index (χ1) is 48.3. The molecule has 0 aromatic heterocycles. The lowest BCUT2D eigenvalue weighted by molar-refractivity contribution is -0.120. The number of likely N-dealkylation sites (N-methyl/N-ethyl adjacent to an activating group) is 3. The van der Waals surface area contributed by atoms with E-state index in [0.29, 0.717) is 73.4 Å². The van der Waals surface area contributed by atoms with E-state index in [1.165, 1.54) is 116 Å². The van der Waals surface area contributed by atoms with Crippen LogP contribution < -0.4 is 63.8 Å². The number of urea groups is 3. The van der Waals surface area contributed by atoms with E-state index in [4.69, 9.17) is 18.9 Å². The predicted octanol–water partition coefficient (Wildman–Crippen LogP) is 8.71. The molecular weight excluding hydrogens is 1360 g/mol. The van der Waals surface area contributed by atoms with E-state index in [-0.39, 0.29) is 58.7 Å². The summed E-state index contributed by atoms with van der Waals surface area (Å²) in [6, 6.07) is 45.5. The molecule has 11 rings (SSSR count). The van der Waals surface area contributed by atoms with Gasteiger partial charge in [-0.15, -0.1) is 0 Å². The van der Waals surface area contributed by atoms with Crippen LogP contribution in [0.1, 0.15) is 22.3 Å². The van der Waals surface area contributed by atoms with Gasteiger partial charge in [-0.05, 0) is 130 Å². The normalized spacial score (nSPS) is 13.1. The van der Waals surface area contributed by atoms with E-state index in [9.17, 15) is 58.4 Å². The largest absolute Gasteiger partial charge is 0.454 e. The zero-order chi connectivity index (χ0) is 71.8. The molecule has 520 valence electrons. The molecule has 0 radical (unpaired) electrons. The second-order valence-electron chi connectivity index (χ2n) is 23.4. The van der Waals surface area contributed by atoms with Crippen molar-refractivity contribution in [3.63, 3.8) is 0 Å². The molecule has 9 aromatic rings. The fourth-order valence-corrected chi connectivity index (χ4v) is 14.4. The summed E-state index contributed by atoms with van der Waals surface area (Å²) in [5.41, 5.74) is 3.88. The topological polar surface area (TPSA) is 324 Å². The first-order valence-corrected chi connectivity index (χ1v) is 35.6. The molecule has 9 aromatic carbocycles. The third kappa shape index (κ3) is 16.8. The monoisotopic (exact) mass is 1430 g/mol. The number of nitrogens with zero attached hydrogens (tertiary/aromatic N) is 3. The number of aryl methyl sites for hydroxylation is 1. The van der Waals surface area contributed by atoms with Gasteiger partial charge in [0.2, 0.25) is 31.3 Å². The highest BCUT2D eigenvalue weighted by molar-refractivity contribution is 7.90. The maximum atomic E-state index is 14.9. The van der Waals surface area contributed by atoms with Crippen molar-refractivity contribution in [2.24, 2.45) is 0 Å². The summed E-state index contributed by atoms with van der Waals surface area (Å²) in [6.07, 6.45) is -0.745. The van der Waals surface area contributed by atoms with Crippen molar-refractivity contribution in [3.05, 3.63) is 240 Å². The number of sulfonamides is 3. The van der Waals surface area contributed by atoms with E-state index in [2.05, 4.69) is 16.0 Å². The number of amides is 9. The zero-order valence-electron chi connectivity index (χ0n) is 54.5. The van der Waals surface area contributed by atoms with E-state index in [1.54, 1.807) is 140 Å². The molecule has 25 nitrogen and oxygen atoms in total. The summed E-state index contributed by atoms with van der Waals surface area (Å²) >= 11 is 0. The minimum atomic E-state index is -4.78. The minimum absolute atomic E-state index is 0.0305. The Balaban J connectivity index is 0.822. The number of hydrogen-bond acceptors (Lipinski definition) is 16. The summed E-state index contributed by atoms with van der Waals surface area (Å²) in [7, 11) is -9.53. The van der Waals surface area contributed by atoms with Crippen molar-refractivity contribution >= 4 is 82.9 Å². The fraction of sp³-hybridized carbons (Fsp3) is 0.167. The number of rotatable bonds is 23. The molecule has 3 unspecified atom stereocenters. The van der Waals surface area contributed by atoms with Gasteiger partial charge in [0.1, 0.15) is 23.9 Å². The summed E-state index contributed by atoms with van der Waals surface area (Å²) in [5, 5.41) is 7.55. The SMILES string of the molecule is Cc1ccc(-c2ccccc2CC(NC(=O)NS(=O)(=O)c2cccc(-c3cccc(CC(NC(=O)NS(=O)(=O)c4ccccc4)C(=O)N(C)c4ccccc4)c3)c2)C(=O)N(C)c2ccc3c(c2)OCO3)cc1S(=O)(=O)NC(=O)NC(Cc1cccc(F)c1)C(=O)N(C)c1ccc2c(c1)OCO2. The number of carbonyl (C=O) groups excluding carboxylic acids is 6. The van der Waals surface area contributed by atoms with Crippen molar-refractivity contribution in [2.45, 2.75) is 59.0 Å². The number of carbonyl (C=O) groups is 6. The molecule has 2 heterocycles. The van der Waals surface area contributed by atoms with Gasteiger partial charge in [-0.3, -0.25) is 14.4 Å².